The highest BCUT2D eigenvalue weighted by Crippen LogP contribution is 2.52. The van der Waals surface area contributed by atoms with Gasteiger partial charge in [0, 0.05) is 0 Å². The molecule has 4 nitrogen and oxygen atoms in total. The van der Waals surface area contributed by atoms with Crippen LogP contribution in [-0.4, -0.2) is 0 Å². The van der Waals surface area contributed by atoms with Gasteiger partial charge in [0.05, 0.1) is 0 Å². The standard InChI is InChI=1S/C48H75O4P/c1-7-10-13-16-19-22-25-28-43-37-40(4)31-34-46(43)50-53(49,51-47-35-32-41(5)38-44(47)29-26-23-20-17-14-11-8-2)52-48-36-33-42(6)39-45(48)30-27-24-21-18-15-12-9-3/h31-39H,7-30H2,1-6H3. The van der Waals surface area contributed by atoms with Crippen molar-refractivity contribution in [1.29, 1.82) is 0 Å². The van der Waals surface area contributed by atoms with Gasteiger partial charge < -0.3 is 13.6 Å². The number of rotatable bonds is 30. The van der Waals surface area contributed by atoms with Crippen LogP contribution in [0.4, 0.5) is 0 Å². The minimum atomic E-state index is -4.18. The lowest BCUT2D eigenvalue weighted by Gasteiger charge is -2.24. The van der Waals surface area contributed by atoms with Crippen LogP contribution in [0, 0.1) is 20.8 Å². The molecule has 0 fully saturated rings. The Morgan fingerprint density at radius 3 is 0.887 bits per heavy atom. The summed E-state index contributed by atoms with van der Waals surface area (Å²) in [6.45, 7) is 13.1. The van der Waals surface area contributed by atoms with Crippen LogP contribution in [-0.2, 0) is 23.8 Å². The third kappa shape index (κ3) is 18.0. The maximum absolute atomic E-state index is 15.2. The molecule has 3 rings (SSSR count). The second-order valence-corrected chi connectivity index (χ2v) is 17.1. The predicted octanol–water partition coefficient (Wildman–Crippen LogP) is 16.1. The van der Waals surface area contributed by atoms with Gasteiger partial charge in [-0.3, -0.25) is 0 Å². The van der Waals surface area contributed by atoms with Crippen molar-refractivity contribution in [2.45, 2.75) is 196 Å². The largest absolute Gasteiger partial charge is 0.647 e. The summed E-state index contributed by atoms with van der Waals surface area (Å²) in [5, 5.41) is 0. The van der Waals surface area contributed by atoms with Gasteiger partial charge in [0.25, 0.3) is 0 Å². The van der Waals surface area contributed by atoms with Crippen LogP contribution in [0.3, 0.4) is 0 Å². The van der Waals surface area contributed by atoms with E-state index in [0.717, 1.165) is 71.9 Å². The molecule has 0 aliphatic heterocycles. The van der Waals surface area contributed by atoms with Gasteiger partial charge >= 0.3 is 7.82 Å². The number of phosphoric acid groups is 1. The number of hydrogen-bond donors (Lipinski definition) is 0. The molecule has 0 amide bonds. The first-order valence-corrected chi connectivity index (χ1v) is 23.2. The lowest BCUT2D eigenvalue weighted by atomic mass is 10.0. The zero-order valence-corrected chi connectivity index (χ0v) is 35.6. The van der Waals surface area contributed by atoms with Gasteiger partial charge in [-0.25, -0.2) is 0 Å². The van der Waals surface area contributed by atoms with Crippen LogP contribution in [0.5, 0.6) is 17.2 Å². The maximum Gasteiger partial charge on any atom is 0.647 e. The Balaban J connectivity index is 1.87. The first kappa shape index (κ1) is 44.7. The molecule has 0 saturated heterocycles. The molecule has 3 aromatic rings. The summed E-state index contributed by atoms with van der Waals surface area (Å²) < 4.78 is 34.8. The van der Waals surface area contributed by atoms with Crippen molar-refractivity contribution in [3.63, 3.8) is 0 Å². The summed E-state index contributed by atoms with van der Waals surface area (Å²) in [5.41, 5.74) is 6.68. The molecule has 3 aromatic carbocycles. The number of benzene rings is 3. The van der Waals surface area contributed by atoms with Crippen LogP contribution in [0.15, 0.2) is 54.6 Å². The minimum Gasteiger partial charge on any atom is -0.386 e. The SMILES string of the molecule is CCCCCCCCCc1cc(C)ccc1OP(=O)(Oc1ccc(C)cc1CCCCCCCCC)Oc1ccc(C)cc1CCCCCCCCC. The Morgan fingerprint density at radius 1 is 0.377 bits per heavy atom. The maximum atomic E-state index is 15.2. The topological polar surface area (TPSA) is 44.8 Å². The first-order chi connectivity index (χ1) is 25.8. The van der Waals surface area contributed by atoms with Crippen molar-refractivity contribution in [3.05, 3.63) is 88.0 Å². The fourth-order valence-electron chi connectivity index (χ4n) is 7.21. The van der Waals surface area contributed by atoms with E-state index >= 15 is 4.57 Å². The summed E-state index contributed by atoms with van der Waals surface area (Å²) in [7, 11) is -4.18. The van der Waals surface area contributed by atoms with E-state index in [4.69, 9.17) is 13.6 Å². The van der Waals surface area contributed by atoms with Gasteiger partial charge in [0.2, 0.25) is 0 Å². The third-order valence-corrected chi connectivity index (χ3v) is 11.7. The van der Waals surface area contributed by atoms with E-state index < -0.39 is 7.82 Å². The Bertz CT molecular complexity index is 1310. The average Bonchev–Trinajstić information content (AvgIpc) is 3.13. The van der Waals surface area contributed by atoms with Gasteiger partial charge in [-0.2, -0.15) is 4.57 Å². The smallest absolute Gasteiger partial charge is 0.386 e. The van der Waals surface area contributed by atoms with Gasteiger partial charge in [0.15, 0.2) is 0 Å². The molecule has 0 aliphatic carbocycles. The summed E-state index contributed by atoms with van der Waals surface area (Å²) >= 11 is 0. The molecule has 0 aromatic heterocycles. The number of aryl methyl sites for hydroxylation is 6. The second-order valence-electron chi connectivity index (χ2n) is 15.7. The Labute approximate surface area is 325 Å². The summed E-state index contributed by atoms with van der Waals surface area (Å²) in [4.78, 5) is 0. The molecular formula is C48H75O4P. The van der Waals surface area contributed by atoms with E-state index in [-0.39, 0.29) is 0 Å². The van der Waals surface area contributed by atoms with Gasteiger partial charge in [-0.05, 0) is 94.2 Å². The van der Waals surface area contributed by atoms with Crippen molar-refractivity contribution in [3.8, 4) is 17.2 Å². The van der Waals surface area contributed by atoms with Crippen molar-refractivity contribution in [2.24, 2.45) is 0 Å². The van der Waals surface area contributed by atoms with Gasteiger partial charge in [0.1, 0.15) is 17.2 Å². The van der Waals surface area contributed by atoms with E-state index in [1.54, 1.807) is 0 Å². The van der Waals surface area contributed by atoms with Crippen molar-refractivity contribution < 1.29 is 18.1 Å². The summed E-state index contributed by atoms with van der Waals surface area (Å²) in [6, 6.07) is 18.5. The van der Waals surface area contributed by atoms with Gasteiger partial charge in [-0.15, -0.1) is 0 Å². The lowest BCUT2D eigenvalue weighted by molar-refractivity contribution is 0.295. The van der Waals surface area contributed by atoms with Crippen LogP contribution in [0.25, 0.3) is 0 Å². The van der Waals surface area contributed by atoms with Crippen molar-refractivity contribution in [1.82, 2.24) is 0 Å². The van der Waals surface area contributed by atoms with Crippen molar-refractivity contribution in [2.75, 3.05) is 0 Å². The number of unbranched alkanes of at least 4 members (excludes halogenated alkanes) is 18. The van der Waals surface area contributed by atoms with E-state index in [0.29, 0.717) is 17.2 Å². The summed E-state index contributed by atoms with van der Waals surface area (Å²) in [6.07, 6.45) is 28.6. The Kier molecular flexibility index (Phi) is 22.1. The quantitative estimate of drug-likeness (QED) is 0.0503. The molecule has 0 unspecified atom stereocenters. The van der Waals surface area contributed by atoms with E-state index in [1.165, 1.54) is 116 Å². The third-order valence-electron chi connectivity index (χ3n) is 10.4. The van der Waals surface area contributed by atoms with Gasteiger partial charge in [-0.1, -0.05) is 189 Å². The lowest BCUT2D eigenvalue weighted by Crippen LogP contribution is -2.11. The molecule has 0 N–H and O–H groups in total. The Hall–Kier alpha value is -2.71. The first-order valence-electron chi connectivity index (χ1n) is 21.7. The monoisotopic (exact) mass is 747 g/mol. The van der Waals surface area contributed by atoms with E-state index in [1.807, 2.05) is 36.4 Å². The summed E-state index contributed by atoms with van der Waals surface area (Å²) in [5.74, 6) is 1.77. The minimum absolute atomic E-state index is 0.589. The molecule has 5 heteroatoms. The molecule has 0 bridgehead atoms. The number of phosphoric ester groups is 1. The fraction of sp³-hybridized carbons (Fsp3) is 0.625. The van der Waals surface area contributed by atoms with Crippen molar-refractivity contribution >= 4 is 7.82 Å². The molecule has 53 heavy (non-hydrogen) atoms. The van der Waals surface area contributed by atoms with E-state index in [9.17, 15) is 0 Å². The highest BCUT2D eigenvalue weighted by Gasteiger charge is 2.35. The fourth-order valence-corrected chi connectivity index (χ4v) is 8.58. The van der Waals surface area contributed by atoms with Crippen LogP contribution in [0.1, 0.15) is 189 Å². The molecule has 0 saturated carbocycles. The average molecular weight is 747 g/mol. The van der Waals surface area contributed by atoms with Crippen LogP contribution < -0.4 is 13.6 Å². The second kappa shape index (κ2) is 26.2. The molecule has 296 valence electrons. The molecule has 0 atom stereocenters. The Morgan fingerprint density at radius 2 is 0.623 bits per heavy atom. The number of hydrogen-bond acceptors (Lipinski definition) is 4. The normalized spacial score (nSPS) is 11.6. The molecule has 0 radical (unpaired) electrons. The molecular weight excluding hydrogens is 671 g/mol. The highest BCUT2D eigenvalue weighted by molar-refractivity contribution is 7.49. The zero-order chi connectivity index (χ0) is 38.2. The zero-order valence-electron chi connectivity index (χ0n) is 34.7. The molecule has 0 heterocycles. The van der Waals surface area contributed by atoms with Crippen LogP contribution in [0.2, 0.25) is 0 Å². The molecule has 0 aliphatic rings. The highest BCUT2D eigenvalue weighted by atomic mass is 31.2. The van der Waals surface area contributed by atoms with Crippen LogP contribution >= 0.6 is 7.82 Å². The van der Waals surface area contributed by atoms with E-state index in [2.05, 4.69) is 59.7 Å². The molecule has 0 spiro atoms. The predicted molar refractivity (Wildman–Crippen MR) is 228 cm³/mol.